The molecule has 0 bridgehead atoms. The van der Waals surface area contributed by atoms with E-state index in [1.54, 1.807) is 27.8 Å². The molecule has 1 aliphatic heterocycles. The van der Waals surface area contributed by atoms with Crippen LogP contribution in [0, 0.1) is 6.92 Å². The summed E-state index contributed by atoms with van der Waals surface area (Å²) in [5.74, 6) is 0.0337. The second-order valence-corrected chi connectivity index (χ2v) is 11.0. The van der Waals surface area contributed by atoms with Crippen LogP contribution in [-0.4, -0.2) is 43.2 Å². The number of carbonyl (C=O) groups excluding carboxylic acids is 1. The standard InChI is InChI=1S/C23H33N3O3S2/c1-19-18-30-23(25-19)8-4-5-15-24-22(27)14-11-20-9-12-21(13-10-20)31(28,29)26-16-6-2-3-7-17-26/h9-10,12-13,18H,2-8,11,14-17H2,1H3,(H,24,27). The summed E-state index contributed by atoms with van der Waals surface area (Å²) in [6.45, 7) is 3.89. The van der Waals surface area contributed by atoms with E-state index in [4.69, 9.17) is 0 Å². The van der Waals surface area contributed by atoms with E-state index in [1.165, 1.54) is 0 Å². The van der Waals surface area contributed by atoms with Gasteiger partial charge in [-0.1, -0.05) is 25.0 Å². The Bertz CT molecular complexity index is 931. The van der Waals surface area contributed by atoms with Crippen LogP contribution in [0.2, 0.25) is 0 Å². The van der Waals surface area contributed by atoms with Gasteiger partial charge >= 0.3 is 0 Å². The van der Waals surface area contributed by atoms with Gasteiger partial charge in [0.15, 0.2) is 0 Å². The molecule has 170 valence electrons. The molecule has 0 saturated carbocycles. The van der Waals surface area contributed by atoms with E-state index < -0.39 is 10.0 Å². The van der Waals surface area contributed by atoms with E-state index in [-0.39, 0.29) is 5.91 Å². The lowest BCUT2D eigenvalue weighted by Crippen LogP contribution is -2.31. The highest BCUT2D eigenvalue weighted by molar-refractivity contribution is 7.89. The Kier molecular flexibility index (Phi) is 9.04. The maximum absolute atomic E-state index is 12.8. The molecule has 0 radical (unpaired) electrons. The van der Waals surface area contributed by atoms with E-state index >= 15 is 0 Å². The lowest BCUT2D eigenvalue weighted by molar-refractivity contribution is -0.121. The molecule has 2 heterocycles. The molecule has 1 N–H and O–H groups in total. The van der Waals surface area contributed by atoms with Crippen molar-refractivity contribution in [3.05, 3.63) is 45.9 Å². The van der Waals surface area contributed by atoms with Crippen molar-refractivity contribution in [3.63, 3.8) is 0 Å². The third kappa shape index (κ3) is 7.40. The Balaban J connectivity index is 1.37. The Morgan fingerprint density at radius 3 is 2.42 bits per heavy atom. The number of nitrogens with zero attached hydrogens (tertiary/aromatic N) is 2. The fourth-order valence-corrected chi connectivity index (χ4v) is 6.09. The lowest BCUT2D eigenvalue weighted by atomic mass is 10.1. The van der Waals surface area contributed by atoms with Crippen LogP contribution in [0.1, 0.15) is 61.2 Å². The van der Waals surface area contributed by atoms with E-state index in [1.807, 2.05) is 19.1 Å². The van der Waals surface area contributed by atoms with Crippen LogP contribution < -0.4 is 5.32 Å². The van der Waals surface area contributed by atoms with Crippen molar-refractivity contribution in [1.82, 2.24) is 14.6 Å². The van der Waals surface area contributed by atoms with Crippen molar-refractivity contribution in [2.24, 2.45) is 0 Å². The van der Waals surface area contributed by atoms with Gasteiger partial charge in [0.1, 0.15) is 0 Å². The number of aryl methyl sites for hydroxylation is 3. The Morgan fingerprint density at radius 1 is 1.06 bits per heavy atom. The predicted octanol–water partition coefficient (Wildman–Crippen LogP) is 4.09. The van der Waals surface area contributed by atoms with Crippen molar-refractivity contribution >= 4 is 27.3 Å². The van der Waals surface area contributed by atoms with Crippen LogP contribution in [0.4, 0.5) is 0 Å². The highest BCUT2D eigenvalue weighted by atomic mass is 32.2. The lowest BCUT2D eigenvalue weighted by Gasteiger charge is -2.20. The van der Waals surface area contributed by atoms with Crippen molar-refractivity contribution < 1.29 is 13.2 Å². The largest absolute Gasteiger partial charge is 0.356 e. The van der Waals surface area contributed by atoms with Gasteiger partial charge in [-0.25, -0.2) is 13.4 Å². The maximum atomic E-state index is 12.8. The van der Waals surface area contributed by atoms with Crippen molar-refractivity contribution in [2.75, 3.05) is 19.6 Å². The number of aromatic nitrogens is 1. The highest BCUT2D eigenvalue weighted by Crippen LogP contribution is 2.21. The van der Waals surface area contributed by atoms with Gasteiger partial charge in [0.05, 0.1) is 9.90 Å². The molecule has 0 spiro atoms. The first-order valence-electron chi connectivity index (χ1n) is 11.2. The summed E-state index contributed by atoms with van der Waals surface area (Å²) >= 11 is 1.69. The average Bonchev–Trinajstić information content (AvgIpc) is 3.00. The molecular formula is C23H33N3O3S2. The first-order valence-corrected chi connectivity index (χ1v) is 13.5. The van der Waals surface area contributed by atoms with Gasteiger partial charge in [-0.05, 0) is 63.1 Å². The van der Waals surface area contributed by atoms with Gasteiger partial charge < -0.3 is 5.32 Å². The quantitative estimate of drug-likeness (QED) is 0.538. The Hall–Kier alpha value is -1.77. The summed E-state index contributed by atoms with van der Waals surface area (Å²) in [5, 5.41) is 6.19. The SMILES string of the molecule is Cc1csc(CCCCNC(=O)CCc2ccc(S(=O)(=O)N3CCCCCC3)cc2)n1. The third-order valence-corrected chi connectivity index (χ3v) is 8.51. The molecule has 1 fully saturated rings. The van der Waals surface area contributed by atoms with Crippen LogP contribution in [0.15, 0.2) is 34.5 Å². The van der Waals surface area contributed by atoms with Gasteiger partial charge in [0.25, 0.3) is 0 Å². The molecule has 0 atom stereocenters. The molecule has 3 rings (SSSR count). The molecule has 0 aliphatic carbocycles. The van der Waals surface area contributed by atoms with E-state index in [0.717, 1.165) is 61.2 Å². The maximum Gasteiger partial charge on any atom is 0.243 e. The topological polar surface area (TPSA) is 79.4 Å². The molecule has 1 aromatic carbocycles. The highest BCUT2D eigenvalue weighted by Gasteiger charge is 2.24. The Labute approximate surface area is 190 Å². The minimum atomic E-state index is -3.42. The summed E-state index contributed by atoms with van der Waals surface area (Å²) in [5.41, 5.74) is 2.05. The molecule has 1 aromatic heterocycles. The van der Waals surface area contributed by atoms with E-state index in [2.05, 4.69) is 15.7 Å². The van der Waals surface area contributed by atoms with Crippen LogP contribution in [0.5, 0.6) is 0 Å². The van der Waals surface area contributed by atoms with Gasteiger partial charge in [-0.15, -0.1) is 11.3 Å². The number of sulfonamides is 1. The third-order valence-electron chi connectivity index (χ3n) is 5.57. The number of benzene rings is 1. The second kappa shape index (κ2) is 11.7. The van der Waals surface area contributed by atoms with Crippen molar-refractivity contribution in [3.8, 4) is 0 Å². The second-order valence-electron chi connectivity index (χ2n) is 8.15. The molecule has 2 aromatic rings. The number of amides is 1. The molecule has 1 amide bonds. The van der Waals surface area contributed by atoms with E-state index in [9.17, 15) is 13.2 Å². The molecule has 1 aliphatic rings. The number of nitrogens with one attached hydrogen (secondary N) is 1. The minimum Gasteiger partial charge on any atom is -0.356 e. The number of hydrogen-bond acceptors (Lipinski definition) is 5. The summed E-state index contributed by atoms with van der Waals surface area (Å²) in [7, 11) is -3.42. The number of carbonyl (C=O) groups is 1. The average molecular weight is 464 g/mol. The summed E-state index contributed by atoms with van der Waals surface area (Å²) in [6.07, 6.45) is 7.97. The van der Waals surface area contributed by atoms with Crippen LogP contribution >= 0.6 is 11.3 Å². The summed E-state index contributed by atoms with van der Waals surface area (Å²) in [6, 6.07) is 7.00. The van der Waals surface area contributed by atoms with Crippen LogP contribution in [0.3, 0.4) is 0 Å². The fourth-order valence-electron chi connectivity index (χ4n) is 3.75. The fraction of sp³-hybridized carbons (Fsp3) is 0.565. The molecule has 0 unspecified atom stereocenters. The molecular weight excluding hydrogens is 430 g/mol. The number of rotatable bonds is 10. The monoisotopic (exact) mass is 463 g/mol. The van der Waals surface area contributed by atoms with Crippen LogP contribution in [-0.2, 0) is 27.7 Å². The van der Waals surface area contributed by atoms with Crippen molar-refractivity contribution in [2.45, 2.75) is 69.6 Å². The zero-order valence-corrected chi connectivity index (χ0v) is 19.9. The number of unbranched alkanes of at least 4 members (excludes halogenated alkanes) is 1. The van der Waals surface area contributed by atoms with Gasteiger partial charge in [-0.2, -0.15) is 4.31 Å². The summed E-state index contributed by atoms with van der Waals surface area (Å²) in [4.78, 5) is 16.9. The smallest absolute Gasteiger partial charge is 0.243 e. The first kappa shape index (κ1) is 23.9. The van der Waals surface area contributed by atoms with Crippen molar-refractivity contribution in [1.29, 1.82) is 0 Å². The van der Waals surface area contributed by atoms with Gasteiger partial charge in [0.2, 0.25) is 15.9 Å². The molecule has 8 heteroatoms. The van der Waals surface area contributed by atoms with Gasteiger partial charge in [0, 0.05) is 37.1 Å². The molecule has 31 heavy (non-hydrogen) atoms. The number of hydrogen-bond donors (Lipinski definition) is 1. The Morgan fingerprint density at radius 2 is 1.77 bits per heavy atom. The number of thiazole rings is 1. The first-order chi connectivity index (χ1) is 14.9. The summed E-state index contributed by atoms with van der Waals surface area (Å²) < 4.78 is 27.3. The van der Waals surface area contributed by atoms with E-state index in [0.29, 0.717) is 37.4 Å². The zero-order valence-electron chi connectivity index (χ0n) is 18.3. The molecule has 6 nitrogen and oxygen atoms in total. The van der Waals surface area contributed by atoms with Gasteiger partial charge in [-0.3, -0.25) is 4.79 Å². The van der Waals surface area contributed by atoms with Crippen LogP contribution in [0.25, 0.3) is 0 Å². The normalized spacial score (nSPS) is 15.5. The minimum absolute atomic E-state index is 0.0337. The predicted molar refractivity (Wildman–Crippen MR) is 125 cm³/mol. The zero-order chi connectivity index (χ0) is 22.1. The molecule has 1 saturated heterocycles.